The zero-order valence-corrected chi connectivity index (χ0v) is 14.3. The van der Waals surface area contributed by atoms with Crippen molar-refractivity contribution >= 4 is 21.6 Å². The SMILES string of the molecule is CC(C)(C)NCc1ccc(N2CCCOCC2)c(Br)c1. The molecule has 1 aliphatic rings. The second-order valence-corrected chi connectivity index (χ2v) is 7.20. The van der Waals surface area contributed by atoms with E-state index in [0.717, 1.165) is 39.3 Å². The van der Waals surface area contributed by atoms with Crippen LogP contribution in [0.4, 0.5) is 5.69 Å². The van der Waals surface area contributed by atoms with Gasteiger partial charge in [0.2, 0.25) is 0 Å². The molecule has 0 aromatic heterocycles. The van der Waals surface area contributed by atoms with Crippen molar-refractivity contribution in [2.24, 2.45) is 0 Å². The third-order valence-corrected chi connectivity index (χ3v) is 4.03. The first-order valence-corrected chi connectivity index (χ1v) is 8.11. The third-order valence-electron chi connectivity index (χ3n) is 3.40. The predicted molar refractivity (Wildman–Crippen MR) is 88.4 cm³/mol. The second kappa shape index (κ2) is 6.92. The molecule has 0 bridgehead atoms. The van der Waals surface area contributed by atoms with E-state index in [1.807, 2.05) is 0 Å². The number of halogens is 1. The fraction of sp³-hybridized carbons (Fsp3) is 0.625. The highest BCUT2D eigenvalue weighted by Gasteiger charge is 2.14. The monoisotopic (exact) mass is 340 g/mol. The molecule has 1 fully saturated rings. The highest BCUT2D eigenvalue weighted by molar-refractivity contribution is 9.10. The summed E-state index contributed by atoms with van der Waals surface area (Å²) in [6, 6.07) is 6.65. The van der Waals surface area contributed by atoms with Gasteiger partial charge in [-0.1, -0.05) is 6.07 Å². The fourth-order valence-electron chi connectivity index (χ4n) is 2.27. The maximum absolute atomic E-state index is 5.52. The van der Waals surface area contributed by atoms with Crippen LogP contribution < -0.4 is 10.2 Å². The Morgan fingerprint density at radius 3 is 2.75 bits per heavy atom. The minimum atomic E-state index is 0.146. The molecule has 1 N–H and O–H groups in total. The van der Waals surface area contributed by atoms with Crippen molar-refractivity contribution in [3.05, 3.63) is 28.2 Å². The van der Waals surface area contributed by atoms with Gasteiger partial charge in [-0.25, -0.2) is 0 Å². The van der Waals surface area contributed by atoms with Crippen LogP contribution in [0, 0.1) is 0 Å². The molecule has 0 amide bonds. The topological polar surface area (TPSA) is 24.5 Å². The van der Waals surface area contributed by atoms with Gasteiger partial charge in [0.05, 0.1) is 12.3 Å². The van der Waals surface area contributed by atoms with E-state index in [9.17, 15) is 0 Å². The summed E-state index contributed by atoms with van der Waals surface area (Å²) in [4.78, 5) is 2.40. The van der Waals surface area contributed by atoms with Crippen molar-refractivity contribution in [1.29, 1.82) is 0 Å². The predicted octanol–water partition coefficient (Wildman–Crippen LogP) is 3.56. The highest BCUT2D eigenvalue weighted by atomic mass is 79.9. The Morgan fingerprint density at radius 2 is 2.05 bits per heavy atom. The Labute approximate surface area is 130 Å². The van der Waals surface area contributed by atoms with E-state index in [-0.39, 0.29) is 5.54 Å². The lowest BCUT2D eigenvalue weighted by Crippen LogP contribution is -2.35. The number of nitrogens with one attached hydrogen (secondary N) is 1. The molecule has 20 heavy (non-hydrogen) atoms. The van der Waals surface area contributed by atoms with E-state index in [2.05, 4.69) is 65.1 Å². The summed E-state index contributed by atoms with van der Waals surface area (Å²) in [6.45, 7) is 11.2. The van der Waals surface area contributed by atoms with E-state index in [1.165, 1.54) is 15.7 Å². The summed E-state index contributed by atoms with van der Waals surface area (Å²) in [6.07, 6.45) is 1.10. The van der Waals surface area contributed by atoms with Crippen LogP contribution in [0.25, 0.3) is 0 Å². The molecule has 1 aliphatic heterocycles. The second-order valence-electron chi connectivity index (χ2n) is 6.34. The number of hydrogen-bond donors (Lipinski definition) is 1. The maximum atomic E-state index is 5.52. The molecule has 2 rings (SSSR count). The molecule has 0 aliphatic carbocycles. The molecule has 1 aromatic rings. The number of rotatable bonds is 3. The van der Waals surface area contributed by atoms with Gasteiger partial charge in [0, 0.05) is 36.3 Å². The average molecular weight is 341 g/mol. The molecule has 4 heteroatoms. The first kappa shape index (κ1) is 15.8. The average Bonchev–Trinajstić information content (AvgIpc) is 2.64. The Morgan fingerprint density at radius 1 is 1.25 bits per heavy atom. The summed E-state index contributed by atoms with van der Waals surface area (Å²) in [7, 11) is 0. The fourth-order valence-corrected chi connectivity index (χ4v) is 2.95. The molecule has 112 valence electrons. The van der Waals surface area contributed by atoms with Gasteiger partial charge in [-0.15, -0.1) is 0 Å². The summed E-state index contributed by atoms with van der Waals surface area (Å²) >= 11 is 3.72. The van der Waals surface area contributed by atoms with E-state index in [4.69, 9.17) is 4.74 Å². The van der Waals surface area contributed by atoms with Crippen molar-refractivity contribution in [1.82, 2.24) is 5.32 Å². The van der Waals surface area contributed by atoms with E-state index in [0.29, 0.717) is 0 Å². The van der Waals surface area contributed by atoms with Crippen LogP contribution in [-0.2, 0) is 11.3 Å². The number of anilines is 1. The van der Waals surface area contributed by atoms with Gasteiger partial charge in [-0.2, -0.15) is 0 Å². The van der Waals surface area contributed by atoms with Crippen molar-refractivity contribution in [3.8, 4) is 0 Å². The van der Waals surface area contributed by atoms with Gasteiger partial charge in [-0.05, 0) is 60.8 Å². The molecule has 1 aromatic carbocycles. The van der Waals surface area contributed by atoms with Crippen LogP contribution in [-0.4, -0.2) is 31.8 Å². The summed E-state index contributed by atoms with van der Waals surface area (Å²) in [5.41, 5.74) is 2.73. The first-order chi connectivity index (χ1) is 9.46. The van der Waals surface area contributed by atoms with Crippen LogP contribution in [0.2, 0.25) is 0 Å². The number of benzene rings is 1. The van der Waals surface area contributed by atoms with E-state index < -0.39 is 0 Å². The lowest BCUT2D eigenvalue weighted by molar-refractivity contribution is 0.152. The third kappa shape index (κ3) is 4.76. The Bertz CT molecular complexity index is 435. The standard InChI is InChI=1S/C16H25BrN2O/c1-16(2,3)18-12-13-5-6-15(14(17)11-13)19-7-4-9-20-10-8-19/h5-6,11,18H,4,7-10,12H2,1-3H3. The van der Waals surface area contributed by atoms with Crippen molar-refractivity contribution < 1.29 is 4.74 Å². The van der Waals surface area contributed by atoms with Crippen molar-refractivity contribution in [3.63, 3.8) is 0 Å². The van der Waals surface area contributed by atoms with Crippen LogP contribution in [0.15, 0.2) is 22.7 Å². The zero-order valence-electron chi connectivity index (χ0n) is 12.7. The largest absolute Gasteiger partial charge is 0.380 e. The van der Waals surface area contributed by atoms with Gasteiger partial charge in [0.1, 0.15) is 0 Å². The minimum absolute atomic E-state index is 0.146. The molecular weight excluding hydrogens is 316 g/mol. The van der Waals surface area contributed by atoms with E-state index >= 15 is 0 Å². The summed E-state index contributed by atoms with van der Waals surface area (Å²) < 4.78 is 6.69. The maximum Gasteiger partial charge on any atom is 0.0641 e. The number of ether oxygens (including phenoxy) is 1. The smallest absolute Gasteiger partial charge is 0.0641 e. The Balaban J connectivity index is 2.05. The summed E-state index contributed by atoms with van der Waals surface area (Å²) in [5, 5.41) is 3.52. The molecule has 3 nitrogen and oxygen atoms in total. The molecule has 1 saturated heterocycles. The zero-order chi connectivity index (χ0) is 14.6. The van der Waals surface area contributed by atoms with Crippen LogP contribution in [0.1, 0.15) is 32.8 Å². The number of nitrogens with zero attached hydrogens (tertiary/aromatic N) is 1. The van der Waals surface area contributed by atoms with Crippen molar-refractivity contribution in [2.45, 2.75) is 39.3 Å². The molecule has 0 spiro atoms. The molecule has 0 saturated carbocycles. The van der Waals surface area contributed by atoms with E-state index in [1.54, 1.807) is 0 Å². The minimum Gasteiger partial charge on any atom is -0.380 e. The highest BCUT2D eigenvalue weighted by Crippen LogP contribution is 2.28. The Hall–Kier alpha value is -0.580. The van der Waals surface area contributed by atoms with Crippen LogP contribution in [0.5, 0.6) is 0 Å². The number of hydrogen-bond acceptors (Lipinski definition) is 3. The van der Waals surface area contributed by atoms with Crippen LogP contribution in [0.3, 0.4) is 0 Å². The lowest BCUT2D eigenvalue weighted by atomic mass is 10.1. The van der Waals surface area contributed by atoms with Gasteiger partial charge >= 0.3 is 0 Å². The quantitative estimate of drug-likeness (QED) is 0.910. The Kier molecular flexibility index (Phi) is 5.47. The van der Waals surface area contributed by atoms with Gasteiger partial charge in [0.25, 0.3) is 0 Å². The summed E-state index contributed by atoms with van der Waals surface area (Å²) in [5.74, 6) is 0. The van der Waals surface area contributed by atoms with Gasteiger partial charge in [0.15, 0.2) is 0 Å². The lowest BCUT2D eigenvalue weighted by Gasteiger charge is -2.24. The van der Waals surface area contributed by atoms with Gasteiger partial charge < -0.3 is 15.0 Å². The van der Waals surface area contributed by atoms with Crippen LogP contribution >= 0.6 is 15.9 Å². The molecule has 0 atom stereocenters. The first-order valence-electron chi connectivity index (χ1n) is 7.32. The van der Waals surface area contributed by atoms with Gasteiger partial charge in [-0.3, -0.25) is 0 Å². The molecular formula is C16H25BrN2O. The molecule has 1 heterocycles. The normalized spacial score (nSPS) is 17.1. The van der Waals surface area contributed by atoms with Crippen molar-refractivity contribution in [2.75, 3.05) is 31.2 Å². The molecule has 0 radical (unpaired) electrons. The molecule has 0 unspecified atom stereocenters.